The van der Waals surface area contributed by atoms with Gasteiger partial charge in [0.05, 0.1) is 13.2 Å². The number of rotatable bonds is 3. The highest BCUT2D eigenvalue weighted by Gasteiger charge is 2.43. The smallest absolute Gasteiger partial charge is 0.370 e. The van der Waals surface area contributed by atoms with Gasteiger partial charge in [-0.1, -0.05) is 0 Å². The molecule has 0 amide bonds. The maximum atomic E-state index is 12.6. The first-order valence-electron chi connectivity index (χ1n) is 6.01. The third kappa shape index (κ3) is 3.46. The molecule has 0 aliphatic carbocycles. The van der Waals surface area contributed by atoms with E-state index in [1.54, 1.807) is 6.07 Å². The Bertz CT molecular complexity index is 427. The minimum atomic E-state index is -4.36. The highest BCUT2D eigenvalue weighted by Crippen LogP contribution is 2.27. The van der Waals surface area contributed by atoms with Crippen LogP contribution in [0.5, 0.6) is 0 Å². The maximum absolute atomic E-state index is 12.6. The Morgan fingerprint density at radius 2 is 2.32 bits per heavy atom. The van der Waals surface area contributed by atoms with Crippen molar-refractivity contribution >= 4 is 11.8 Å². The van der Waals surface area contributed by atoms with Crippen LogP contribution in [0.3, 0.4) is 0 Å². The third-order valence-electron chi connectivity index (χ3n) is 2.72. The van der Waals surface area contributed by atoms with Crippen LogP contribution >= 0.6 is 0 Å². The van der Waals surface area contributed by atoms with Gasteiger partial charge in [0.2, 0.25) is 5.95 Å². The van der Waals surface area contributed by atoms with E-state index in [9.17, 15) is 13.2 Å². The molecule has 2 heterocycles. The average molecular weight is 276 g/mol. The zero-order valence-electron chi connectivity index (χ0n) is 10.4. The Morgan fingerprint density at radius 1 is 1.53 bits per heavy atom. The van der Waals surface area contributed by atoms with Gasteiger partial charge < -0.3 is 15.0 Å². The minimum absolute atomic E-state index is 0.0129. The van der Waals surface area contributed by atoms with Crippen molar-refractivity contribution in [1.29, 1.82) is 0 Å². The Morgan fingerprint density at radius 3 is 3.00 bits per heavy atom. The van der Waals surface area contributed by atoms with Crippen LogP contribution in [0.1, 0.15) is 6.92 Å². The lowest BCUT2D eigenvalue weighted by Crippen LogP contribution is -2.49. The van der Waals surface area contributed by atoms with E-state index in [1.807, 2.05) is 6.92 Å². The summed E-state index contributed by atoms with van der Waals surface area (Å²) in [6.07, 6.45) is -4.62. The quantitative estimate of drug-likeness (QED) is 0.910. The van der Waals surface area contributed by atoms with Crippen molar-refractivity contribution in [2.24, 2.45) is 0 Å². The fourth-order valence-corrected chi connectivity index (χ4v) is 1.81. The summed E-state index contributed by atoms with van der Waals surface area (Å²) in [6, 6.07) is 1.68. The van der Waals surface area contributed by atoms with E-state index in [1.165, 1.54) is 11.1 Å². The number of hydrogen-bond donors (Lipinski definition) is 1. The normalized spacial score (nSPS) is 20.4. The standard InChI is InChI=1S/C11H15F3N4O/c1-2-15-9-3-4-16-10(17-9)18-5-6-19-8(7-18)11(12,13)14/h3-4,8H,2,5-7H2,1H3,(H,15,16,17)/t8-/m0/s1. The molecule has 1 aliphatic heterocycles. The Kier molecular flexibility index (Phi) is 4.08. The fraction of sp³-hybridized carbons (Fsp3) is 0.636. The van der Waals surface area contributed by atoms with E-state index in [0.717, 1.165) is 0 Å². The van der Waals surface area contributed by atoms with Crippen LogP contribution in [-0.2, 0) is 4.74 Å². The number of morpholine rings is 1. The monoisotopic (exact) mass is 276 g/mol. The van der Waals surface area contributed by atoms with E-state index >= 15 is 0 Å². The summed E-state index contributed by atoms with van der Waals surface area (Å²) in [5.74, 6) is 0.888. The molecule has 5 nitrogen and oxygen atoms in total. The Labute approximate surface area is 108 Å². The molecule has 0 saturated carbocycles. The van der Waals surface area contributed by atoms with Crippen LogP contribution in [0.25, 0.3) is 0 Å². The molecule has 1 fully saturated rings. The topological polar surface area (TPSA) is 50.3 Å². The van der Waals surface area contributed by atoms with Crippen molar-refractivity contribution in [2.45, 2.75) is 19.2 Å². The molecule has 1 aromatic rings. The predicted molar refractivity (Wildman–Crippen MR) is 64.2 cm³/mol. The second kappa shape index (κ2) is 5.60. The van der Waals surface area contributed by atoms with Gasteiger partial charge in [-0.2, -0.15) is 18.2 Å². The van der Waals surface area contributed by atoms with Gasteiger partial charge in [0.15, 0.2) is 6.10 Å². The molecule has 0 radical (unpaired) electrons. The largest absolute Gasteiger partial charge is 0.416 e. The molecule has 0 bridgehead atoms. The van der Waals surface area contributed by atoms with Gasteiger partial charge in [0, 0.05) is 19.3 Å². The number of ether oxygens (including phenoxy) is 1. The number of anilines is 2. The summed E-state index contributed by atoms with van der Waals surface area (Å²) in [6.45, 7) is 2.68. The van der Waals surface area contributed by atoms with E-state index in [4.69, 9.17) is 4.74 Å². The molecule has 0 aromatic carbocycles. The second-order valence-corrected chi connectivity index (χ2v) is 4.12. The molecule has 1 aliphatic rings. The molecule has 8 heteroatoms. The van der Waals surface area contributed by atoms with E-state index in [-0.39, 0.29) is 19.1 Å². The van der Waals surface area contributed by atoms with E-state index < -0.39 is 12.3 Å². The number of aromatic nitrogens is 2. The highest BCUT2D eigenvalue weighted by atomic mass is 19.4. The highest BCUT2D eigenvalue weighted by molar-refractivity contribution is 5.41. The van der Waals surface area contributed by atoms with Crippen LogP contribution in [0.15, 0.2) is 12.3 Å². The zero-order valence-corrected chi connectivity index (χ0v) is 10.4. The fourth-order valence-electron chi connectivity index (χ4n) is 1.81. The molecule has 0 spiro atoms. The molecule has 1 N–H and O–H groups in total. The average Bonchev–Trinajstić information content (AvgIpc) is 2.39. The van der Waals surface area contributed by atoms with E-state index in [2.05, 4.69) is 15.3 Å². The van der Waals surface area contributed by atoms with Gasteiger partial charge in [-0.3, -0.25) is 0 Å². The third-order valence-corrected chi connectivity index (χ3v) is 2.72. The first-order chi connectivity index (χ1) is 9.00. The lowest BCUT2D eigenvalue weighted by molar-refractivity contribution is -0.221. The first kappa shape index (κ1) is 13.9. The van der Waals surface area contributed by atoms with E-state index in [0.29, 0.717) is 18.9 Å². The van der Waals surface area contributed by atoms with Crippen molar-refractivity contribution in [1.82, 2.24) is 9.97 Å². The molecule has 2 rings (SSSR count). The summed E-state index contributed by atoms with van der Waals surface area (Å²) >= 11 is 0. The lowest BCUT2D eigenvalue weighted by Gasteiger charge is -2.33. The van der Waals surface area contributed by atoms with Crippen molar-refractivity contribution in [3.63, 3.8) is 0 Å². The first-order valence-corrected chi connectivity index (χ1v) is 6.01. The molecule has 1 aromatic heterocycles. The number of nitrogens with zero attached hydrogens (tertiary/aromatic N) is 3. The molecule has 19 heavy (non-hydrogen) atoms. The summed E-state index contributed by atoms with van der Waals surface area (Å²) in [5, 5.41) is 3.00. The van der Waals surface area contributed by atoms with Crippen LogP contribution in [-0.4, -0.2) is 48.5 Å². The second-order valence-electron chi connectivity index (χ2n) is 4.12. The zero-order chi connectivity index (χ0) is 13.9. The van der Waals surface area contributed by atoms with Crippen molar-refractivity contribution in [2.75, 3.05) is 36.5 Å². The Hall–Kier alpha value is -1.57. The number of hydrogen-bond acceptors (Lipinski definition) is 5. The number of nitrogens with one attached hydrogen (secondary N) is 1. The molecular weight excluding hydrogens is 261 g/mol. The van der Waals surface area contributed by atoms with Gasteiger partial charge >= 0.3 is 6.18 Å². The number of alkyl halides is 3. The summed E-state index contributed by atoms with van der Waals surface area (Å²) < 4.78 is 42.6. The summed E-state index contributed by atoms with van der Waals surface area (Å²) in [7, 11) is 0. The van der Waals surface area contributed by atoms with Gasteiger partial charge in [-0.25, -0.2) is 4.98 Å². The van der Waals surface area contributed by atoms with Crippen LogP contribution < -0.4 is 10.2 Å². The van der Waals surface area contributed by atoms with Gasteiger partial charge in [0.25, 0.3) is 0 Å². The molecule has 1 saturated heterocycles. The minimum Gasteiger partial charge on any atom is -0.370 e. The molecule has 0 unspecified atom stereocenters. The molecule has 1 atom stereocenters. The van der Waals surface area contributed by atoms with Crippen LogP contribution in [0, 0.1) is 0 Å². The SMILES string of the molecule is CCNc1ccnc(N2CCO[C@H](C(F)(F)F)C2)n1. The number of halogens is 3. The maximum Gasteiger partial charge on any atom is 0.416 e. The van der Waals surface area contributed by atoms with Crippen molar-refractivity contribution in [3.05, 3.63) is 12.3 Å². The van der Waals surface area contributed by atoms with Gasteiger partial charge in [0.1, 0.15) is 5.82 Å². The lowest BCUT2D eigenvalue weighted by atomic mass is 10.3. The van der Waals surface area contributed by atoms with Gasteiger partial charge in [-0.05, 0) is 13.0 Å². The Balaban J connectivity index is 2.10. The van der Waals surface area contributed by atoms with Crippen molar-refractivity contribution in [3.8, 4) is 0 Å². The summed E-state index contributed by atoms with van der Waals surface area (Å²) in [4.78, 5) is 9.69. The van der Waals surface area contributed by atoms with Crippen molar-refractivity contribution < 1.29 is 17.9 Å². The van der Waals surface area contributed by atoms with Crippen LogP contribution in [0.2, 0.25) is 0 Å². The van der Waals surface area contributed by atoms with Crippen LogP contribution in [0.4, 0.5) is 24.9 Å². The molecule has 106 valence electrons. The predicted octanol–water partition coefficient (Wildman–Crippen LogP) is 1.68. The summed E-state index contributed by atoms with van der Waals surface area (Å²) in [5.41, 5.74) is 0. The molecular formula is C11H15F3N4O. The van der Waals surface area contributed by atoms with Gasteiger partial charge in [-0.15, -0.1) is 0 Å².